The van der Waals surface area contributed by atoms with Gasteiger partial charge in [-0.15, -0.1) is 0 Å². The van der Waals surface area contributed by atoms with Gasteiger partial charge in [-0.1, -0.05) is 36.5 Å². The van der Waals surface area contributed by atoms with Gasteiger partial charge in [0.2, 0.25) is 0 Å². The molecule has 1 amide bonds. The van der Waals surface area contributed by atoms with E-state index < -0.39 is 10.0 Å². The Balaban J connectivity index is 2.13. The lowest BCUT2D eigenvalue weighted by molar-refractivity contribution is 0.0793. The van der Waals surface area contributed by atoms with E-state index >= 15 is 0 Å². The number of nitrogens with zero attached hydrogens (tertiary/aromatic N) is 1. The minimum atomic E-state index is -3.80. The lowest BCUT2D eigenvalue weighted by Crippen LogP contribution is -2.27. The molecular formula is C18H20Cl2N2O3S. The van der Waals surface area contributed by atoms with Crippen LogP contribution in [0.15, 0.2) is 47.4 Å². The number of benzene rings is 2. The second kappa shape index (κ2) is 8.75. The van der Waals surface area contributed by atoms with Crippen LogP contribution in [-0.2, 0) is 10.0 Å². The molecule has 0 saturated carbocycles. The number of nitrogens with one attached hydrogen (secondary N) is 1. The topological polar surface area (TPSA) is 66.5 Å². The molecule has 0 fully saturated rings. The van der Waals surface area contributed by atoms with E-state index in [1.165, 1.54) is 18.2 Å². The minimum absolute atomic E-state index is 0.00588. The van der Waals surface area contributed by atoms with E-state index in [4.69, 9.17) is 23.2 Å². The number of hydrogen-bond acceptors (Lipinski definition) is 3. The number of carbonyl (C=O) groups is 1. The molecule has 0 aliphatic heterocycles. The maximum absolute atomic E-state index is 12.4. The van der Waals surface area contributed by atoms with Gasteiger partial charge < -0.3 is 4.90 Å². The van der Waals surface area contributed by atoms with Crippen LogP contribution in [0.5, 0.6) is 0 Å². The van der Waals surface area contributed by atoms with Crippen LogP contribution in [0.3, 0.4) is 0 Å². The average molecular weight is 415 g/mol. The third-order valence-corrected chi connectivity index (χ3v) is 5.90. The molecule has 2 aromatic carbocycles. The third kappa shape index (κ3) is 5.13. The van der Waals surface area contributed by atoms with E-state index in [1.807, 2.05) is 0 Å². The molecule has 140 valence electrons. The highest BCUT2D eigenvalue weighted by atomic mass is 35.5. The number of carbonyl (C=O) groups excluding carboxylic acids is 1. The van der Waals surface area contributed by atoms with Gasteiger partial charge in [-0.3, -0.25) is 9.52 Å². The van der Waals surface area contributed by atoms with Crippen molar-refractivity contribution >= 4 is 44.8 Å². The van der Waals surface area contributed by atoms with E-state index in [1.54, 1.807) is 36.2 Å². The Labute approximate surface area is 164 Å². The molecule has 0 radical (unpaired) electrons. The predicted octanol–water partition coefficient (Wildman–Crippen LogP) is 4.67. The zero-order valence-corrected chi connectivity index (χ0v) is 16.8. The second-order valence-electron chi connectivity index (χ2n) is 5.84. The van der Waals surface area contributed by atoms with Crippen molar-refractivity contribution in [2.45, 2.75) is 24.7 Å². The lowest BCUT2D eigenvalue weighted by Gasteiger charge is -2.17. The van der Waals surface area contributed by atoms with Crippen molar-refractivity contribution in [1.29, 1.82) is 0 Å². The first-order valence-electron chi connectivity index (χ1n) is 8.08. The summed E-state index contributed by atoms with van der Waals surface area (Å²) in [4.78, 5) is 14.0. The summed E-state index contributed by atoms with van der Waals surface area (Å²) in [5, 5.41) is 0.436. The Morgan fingerprint density at radius 2 is 1.73 bits per heavy atom. The average Bonchev–Trinajstić information content (AvgIpc) is 2.61. The molecule has 0 aromatic heterocycles. The summed E-state index contributed by atoms with van der Waals surface area (Å²) < 4.78 is 27.3. The molecule has 0 bridgehead atoms. The molecule has 8 heteroatoms. The summed E-state index contributed by atoms with van der Waals surface area (Å²) in [6, 6.07) is 10.4. The van der Waals surface area contributed by atoms with Crippen LogP contribution in [0, 0.1) is 0 Å². The highest BCUT2D eigenvalue weighted by molar-refractivity contribution is 7.92. The highest BCUT2D eigenvalue weighted by Crippen LogP contribution is 2.26. The SMILES string of the molecule is CCCCN(C)C(=O)c1ccc(NS(=O)(=O)c2ccc(Cl)c(Cl)c2)cc1. The van der Waals surface area contributed by atoms with Gasteiger partial charge in [0.1, 0.15) is 0 Å². The van der Waals surface area contributed by atoms with Crippen LogP contribution in [0.25, 0.3) is 0 Å². The van der Waals surface area contributed by atoms with Crippen LogP contribution >= 0.6 is 23.2 Å². The summed E-state index contributed by atoms with van der Waals surface area (Å²) >= 11 is 11.7. The first kappa shape index (κ1) is 20.6. The number of halogens is 2. The van der Waals surface area contributed by atoms with Crippen LogP contribution in [-0.4, -0.2) is 32.8 Å². The Morgan fingerprint density at radius 1 is 1.08 bits per heavy atom. The Hall–Kier alpha value is -1.76. The van der Waals surface area contributed by atoms with E-state index in [0.29, 0.717) is 17.8 Å². The standard InChI is InChI=1S/C18H20Cl2N2O3S/c1-3-4-11-22(2)18(23)13-5-7-14(8-6-13)21-26(24,25)15-9-10-16(19)17(20)12-15/h5-10,12,21H,3-4,11H2,1-2H3. The lowest BCUT2D eigenvalue weighted by atomic mass is 10.2. The minimum Gasteiger partial charge on any atom is -0.342 e. The first-order valence-corrected chi connectivity index (χ1v) is 10.3. The van der Waals surface area contributed by atoms with Gasteiger partial charge in [0.15, 0.2) is 0 Å². The van der Waals surface area contributed by atoms with Crippen LogP contribution < -0.4 is 4.72 Å². The van der Waals surface area contributed by atoms with Crippen LogP contribution in [0.4, 0.5) is 5.69 Å². The molecule has 0 aliphatic carbocycles. The number of unbranched alkanes of at least 4 members (excludes halogenated alkanes) is 1. The fourth-order valence-electron chi connectivity index (χ4n) is 2.26. The van der Waals surface area contributed by atoms with E-state index in [0.717, 1.165) is 12.8 Å². The van der Waals surface area contributed by atoms with Crippen LogP contribution in [0.2, 0.25) is 10.0 Å². The molecule has 26 heavy (non-hydrogen) atoms. The quantitative estimate of drug-likeness (QED) is 0.715. The molecule has 0 saturated heterocycles. The van der Waals surface area contributed by atoms with Crippen molar-refractivity contribution in [3.05, 3.63) is 58.1 Å². The normalized spacial score (nSPS) is 11.2. The van der Waals surface area contributed by atoms with E-state index in [-0.39, 0.29) is 20.8 Å². The third-order valence-electron chi connectivity index (χ3n) is 3.78. The smallest absolute Gasteiger partial charge is 0.261 e. The first-order chi connectivity index (χ1) is 12.2. The van der Waals surface area contributed by atoms with E-state index in [9.17, 15) is 13.2 Å². The van der Waals surface area contributed by atoms with Gasteiger partial charge in [-0.2, -0.15) is 0 Å². The van der Waals surface area contributed by atoms with Gasteiger partial charge >= 0.3 is 0 Å². The second-order valence-corrected chi connectivity index (χ2v) is 8.34. The molecular weight excluding hydrogens is 395 g/mol. The van der Waals surface area contributed by atoms with Gasteiger partial charge in [0.05, 0.1) is 14.9 Å². The summed E-state index contributed by atoms with van der Waals surface area (Å²) in [6.07, 6.45) is 1.94. The van der Waals surface area contributed by atoms with Crippen molar-refractivity contribution in [2.24, 2.45) is 0 Å². The molecule has 2 rings (SSSR count). The number of anilines is 1. The molecule has 0 spiro atoms. The Kier molecular flexibility index (Phi) is 6.92. The molecule has 0 atom stereocenters. The Bertz CT molecular complexity index is 884. The molecule has 0 aliphatic rings. The number of sulfonamides is 1. The fourth-order valence-corrected chi connectivity index (χ4v) is 3.70. The van der Waals surface area contributed by atoms with Crippen molar-refractivity contribution < 1.29 is 13.2 Å². The summed E-state index contributed by atoms with van der Waals surface area (Å²) in [5.41, 5.74) is 0.852. The number of hydrogen-bond donors (Lipinski definition) is 1. The summed E-state index contributed by atoms with van der Waals surface area (Å²) in [5.74, 6) is -0.0997. The van der Waals surface area contributed by atoms with Crippen molar-refractivity contribution in [3.63, 3.8) is 0 Å². The van der Waals surface area contributed by atoms with Gasteiger partial charge in [-0.25, -0.2) is 8.42 Å². The van der Waals surface area contributed by atoms with Crippen LogP contribution in [0.1, 0.15) is 30.1 Å². The van der Waals surface area contributed by atoms with E-state index in [2.05, 4.69) is 11.6 Å². The fraction of sp³-hybridized carbons (Fsp3) is 0.278. The van der Waals surface area contributed by atoms with Crippen molar-refractivity contribution in [2.75, 3.05) is 18.3 Å². The zero-order valence-electron chi connectivity index (χ0n) is 14.5. The molecule has 0 heterocycles. The van der Waals surface area contributed by atoms with Gasteiger partial charge in [0, 0.05) is 24.8 Å². The zero-order chi connectivity index (χ0) is 19.3. The van der Waals surface area contributed by atoms with Crippen molar-refractivity contribution in [1.82, 2.24) is 4.90 Å². The van der Waals surface area contributed by atoms with Gasteiger partial charge in [-0.05, 0) is 48.9 Å². The molecule has 1 N–H and O–H groups in total. The largest absolute Gasteiger partial charge is 0.342 e. The Morgan fingerprint density at radius 3 is 2.31 bits per heavy atom. The number of amides is 1. The molecule has 5 nitrogen and oxygen atoms in total. The molecule has 2 aromatic rings. The monoisotopic (exact) mass is 414 g/mol. The predicted molar refractivity (Wildman–Crippen MR) is 106 cm³/mol. The number of rotatable bonds is 7. The summed E-state index contributed by atoms with van der Waals surface area (Å²) in [6.45, 7) is 2.74. The molecule has 0 unspecified atom stereocenters. The summed E-state index contributed by atoms with van der Waals surface area (Å²) in [7, 11) is -2.05. The van der Waals surface area contributed by atoms with Gasteiger partial charge in [0.25, 0.3) is 15.9 Å². The van der Waals surface area contributed by atoms with Crippen molar-refractivity contribution in [3.8, 4) is 0 Å². The maximum atomic E-state index is 12.4. The maximum Gasteiger partial charge on any atom is 0.261 e. The highest BCUT2D eigenvalue weighted by Gasteiger charge is 2.16.